The predicted molar refractivity (Wildman–Crippen MR) is 93.7 cm³/mol. The van der Waals surface area contributed by atoms with E-state index in [0.717, 1.165) is 39.0 Å². The number of piperazine rings is 1. The molecule has 2 aliphatic rings. The molecule has 1 aliphatic heterocycles. The third-order valence-corrected chi connectivity index (χ3v) is 4.75. The number of halogens is 1. The van der Waals surface area contributed by atoms with Crippen molar-refractivity contribution in [1.29, 1.82) is 0 Å². The monoisotopic (exact) mass is 348 g/mol. The molecule has 2 fully saturated rings. The van der Waals surface area contributed by atoms with Gasteiger partial charge < -0.3 is 10.6 Å². The van der Waals surface area contributed by atoms with Crippen LogP contribution in [0.5, 0.6) is 0 Å². The fraction of sp³-hybridized carbons (Fsp3) is 0.556. The summed E-state index contributed by atoms with van der Waals surface area (Å²) >= 11 is 0. The molecule has 1 saturated heterocycles. The average molecular weight is 348 g/mol. The molecule has 1 aromatic carbocycles. The number of carbonyl (C=O) groups is 2. The molecule has 1 aliphatic carbocycles. The Balaban J connectivity index is 1.40. The zero-order valence-electron chi connectivity index (χ0n) is 14.5. The van der Waals surface area contributed by atoms with E-state index in [1.165, 1.54) is 12.1 Å². The number of amides is 2. The summed E-state index contributed by atoms with van der Waals surface area (Å²) in [6.07, 6.45) is 2.19. The maximum absolute atomic E-state index is 12.9. The van der Waals surface area contributed by atoms with Crippen LogP contribution in [0.4, 0.5) is 10.1 Å². The first kappa shape index (κ1) is 17.8. The maximum Gasteiger partial charge on any atom is 0.238 e. The lowest BCUT2D eigenvalue weighted by molar-refractivity contribution is -0.127. The van der Waals surface area contributed by atoms with Gasteiger partial charge in [0, 0.05) is 37.9 Å². The molecule has 1 aromatic rings. The van der Waals surface area contributed by atoms with Crippen LogP contribution in [0.2, 0.25) is 0 Å². The van der Waals surface area contributed by atoms with Crippen LogP contribution in [0.15, 0.2) is 24.3 Å². The molecule has 0 radical (unpaired) electrons. The van der Waals surface area contributed by atoms with Crippen LogP contribution in [-0.4, -0.2) is 66.4 Å². The van der Waals surface area contributed by atoms with Crippen molar-refractivity contribution in [3.8, 4) is 0 Å². The Bertz CT molecular complexity index is 610. The molecule has 2 N–H and O–H groups in total. The Morgan fingerprint density at radius 2 is 1.80 bits per heavy atom. The third-order valence-electron chi connectivity index (χ3n) is 4.75. The number of carbonyl (C=O) groups excluding carboxylic acids is 2. The average Bonchev–Trinajstić information content (AvgIpc) is 3.41. The lowest BCUT2D eigenvalue weighted by Gasteiger charge is -2.37. The molecule has 7 heteroatoms. The summed E-state index contributed by atoms with van der Waals surface area (Å²) < 4.78 is 12.9. The van der Waals surface area contributed by atoms with Crippen LogP contribution >= 0.6 is 0 Å². The van der Waals surface area contributed by atoms with Gasteiger partial charge >= 0.3 is 0 Å². The quantitative estimate of drug-likeness (QED) is 0.807. The highest BCUT2D eigenvalue weighted by atomic mass is 19.1. The minimum Gasteiger partial charge on any atom is -0.352 e. The normalized spacial score (nSPS) is 20.1. The molecule has 3 rings (SSSR count). The van der Waals surface area contributed by atoms with Crippen LogP contribution in [-0.2, 0) is 9.59 Å². The van der Waals surface area contributed by atoms with E-state index in [-0.39, 0.29) is 23.7 Å². The lowest BCUT2D eigenvalue weighted by Crippen LogP contribution is -2.55. The second-order valence-electron chi connectivity index (χ2n) is 6.83. The Morgan fingerprint density at radius 3 is 2.40 bits per heavy atom. The van der Waals surface area contributed by atoms with E-state index in [1.54, 1.807) is 12.1 Å². The molecular weight excluding hydrogens is 323 g/mol. The van der Waals surface area contributed by atoms with Crippen LogP contribution in [0.25, 0.3) is 0 Å². The Labute approximate surface area is 147 Å². The number of hydrogen-bond acceptors (Lipinski definition) is 4. The van der Waals surface area contributed by atoms with Crippen LogP contribution in [0.1, 0.15) is 19.8 Å². The molecule has 0 aromatic heterocycles. The van der Waals surface area contributed by atoms with E-state index in [1.807, 2.05) is 6.92 Å². The second kappa shape index (κ2) is 7.93. The van der Waals surface area contributed by atoms with Gasteiger partial charge in [-0.1, -0.05) is 0 Å². The van der Waals surface area contributed by atoms with E-state index >= 15 is 0 Å². The first-order chi connectivity index (χ1) is 12.0. The van der Waals surface area contributed by atoms with Crippen LogP contribution in [0, 0.1) is 5.82 Å². The number of anilines is 1. The van der Waals surface area contributed by atoms with Gasteiger partial charge in [-0.3, -0.25) is 19.4 Å². The number of nitrogens with zero attached hydrogens (tertiary/aromatic N) is 2. The molecule has 136 valence electrons. The van der Waals surface area contributed by atoms with Gasteiger partial charge in [0.25, 0.3) is 0 Å². The van der Waals surface area contributed by atoms with Crippen molar-refractivity contribution in [1.82, 2.24) is 15.1 Å². The molecule has 6 nitrogen and oxygen atoms in total. The van der Waals surface area contributed by atoms with Gasteiger partial charge in [0.05, 0.1) is 12.6 Å². The molecule has 0 unspecified atom stereocenters. The number of rotatable bonds is 6. The Morgan fingerprint density at radius 1 is 1.16 bits per heavy atom. The van der Waals surface area contributed by atoms with Gasteiger partial charge in [0.1, 0.15) is 5.82 Å². The number of hydrogen-bond donors (Lipinski definition) is 2. The maximum atomic E-state index is 12.9. The number of nitrogens with one attached hydrogen (secondary N) is 2. The highest BCUT2D eigenvalue weighted by Crippen LogP contribution is 2.19. The fourth-order valence-corrected chi connectivity index (χ4v) is 2.96. The minimum atomic E-state index is -0.325. The summed E-state index contributed by atoms with van der Waals surface area (Å²) in [5, 5.41) is 5.81. The highest BCUT2D eigenvalue weighted by Gasteiger charge is 2.30. The van der Waals surface area contributed by atoms with Crippen molar-refractivity contribution in [3.63, 3.8) is 0 Å². The van der Waals surface area contributed by atoms with Crippen molar-refractivity contribution in [2.45, 2.75) is 31.8 Å². The van der Waals surface area contributed by atoms with Gasteiger partial charge in [0.2, 0.25) is 11.8 Å². The number of benzene rings is 1. The topological polar surface area (TPSA) is 64.7 Å². The Hall–Kier alpha value is -1.99. The van der Waals surface area contributed by atoms with E-state index < -0.39 is 0 Å². The summed E-state index contributed by atoms with van der Waals surface area (Å²) in [5.41, 5.74) is 0.593. The molecule has 0 spiro atoms. The van der Waals surface area contributed by atoms with Gasteiger partial charge in [-0.05, 0) is 44.0 Å². The third kappa shape index (κ3) is 5.24. The summed E-state index contributed by atoms with van der Waals surface area (Å²) in [5.74, 6) is -0.335. The molecule has 1 saturated carbocycles. The molecule has 1 heterocycles. The predicted octanol–water partition coefficient (Wildman–Crippen LogP) is 1.05. The summed E-state index contributed by atoms with van der Waals surface area (Å²) in [6, 6.07) is 5.99. The van der Waals surface area contributed by atoms with Gasteiger partial charge in [-0.2, -0.15) is 0 Å². The van der Waals surface area contributed by atoms with Crippen LogP contribution in [0.3, 0.4) is 0 Å². The zero-order chi connectivity index (χ0) is 17.8. The summed E-state index contributed by atoms with van der Waals surface area (Å²) in [6.45, 7) is 5.27. The summed E-state index contributed by atoms with van der Waals surface area (Å²) in [4.78, 5) is 28.4. The first-order valence-corrected chi connectivity index (χ1v) is 8.83. The van der Waals surface area contributed by atoms with Crippen molar-refractivity contribution in [2.24, 2.45) is 0 Å². The van der Waals surface area contributed by atoms with Crippen molar-refractivity contribution < 1.29 is 14.0 Å². The standard InChI is InChI=1S/C18H25FN4O2/c1-13(18(25)21-16-6-7-16)23-10-8-22(9-11-23)12-17(24)20-15-4-2-14(19)3-5-15/h2-5,13,16H,6-12H2,1H3,(H,20,24)(H,21,25)/t13-/m1/s1. The molecule has 25 heavy (non-hydrogen) atoms. The van der Waals surface area contributed by atoms with E-state index in [0.29, 0.717) is 18.3 Å². The fourth-order valence-electron chi connectivity index (χ4n) is 2.96. The first-order valence-electron chi connectivity index (χ1n) is 8.83. The molecule has 2 amide bonds. The second-order valence-corrected chi connectivity index (χ2v) is 6.83. The van der Waals surface area contributed by atoms with Crippen molar-refractivity contribution in [3.05, 3.63) is 30.1 Å². The summed E-state index contributed by atoms with van der Waals surface area (Å²) in [7, 11) is 0. The van der Waals surface area contributed by atoms with Gasteiger partial charge in [-0.25, -0.2) is 4.39 Å². The largest absolute Gasteiger partial charge is 0.352 e. The van der Waals surface area contributed by atoms with E-state index in [4.69, 9.17) is 0 Å². The molecular formula is C18H25FN4O2. The molecule has 1 atom stereocenters. The molecule has 0 bridgehead atoms. The van der Waals surface area contributed by atoms with E-state index in [2.05, 4.69) is 20.4 Å². The lowest BCUT2D eigenvalue weighted by atomic mass is 10.2. The highest BCUT2D eigenvalue weighted by molar-refractivity contribution is 5.92. The van der Waals surface area contributed by atoms with Gasteiger partial charge in [0.15, 0.2) is 0 Å². The van der Waals surface area contributed by atoms with Crippen molar-refractivity contribution in [2.75, 3.05) is 38.0 Å². The van der Waals surface area contributed by atoms with E-state index in [9.17, 15) is 14.0 Å². The van der Waals surface area contributed by atoms with Crippen LogP contribution < -0.4 is 10.6 Å². The SMILES string of the molecule is C[C@H](C(=O)NC1CC1)N1CCN(CC(=O)Nc2ccc(F)cc2)CC1. The smallest absolute Gasteiger partial charge is 0.238 e. The Kier molecular flexibility index (Phi) is 5.65. The minimum absolute atomic E-state index is 0.102. The zero-order valence-corrected chi connectivity index (χ0v) is 14.5. The van der Waals surface area contributed by atoms with Gasteiger partial charge in [-0.15, -0.1) is 0 Å². The van der Waals surface area contributed by atoms with Crippen molar-refractivity contribution >= 4 is 17.5 Å².